The number of hydrogen-bond acceptors (Lipinski definition) is 4. The number of hydrogen-bond donors (Lipinski definition) is 2. The molecule has 8 heteroatoms. The van der Waals surface area contributed by atoms with E-state index in [1.807, 2.05) is 13.8 Å². The molecule has 1 amide bonds. The van der Waals surface area contributed by atoms with Gasteiger partial charge in [0.1, 0.15) is 16.5 Å². The molecule has 27 heavy (non-hydrogen) atoms. The van der Waals surface area contributed by atoms with E-state index < -0.39 is 0 Å². The van der Waals surface area contributed by atoms with Gasteiger partial charge in [-0.2, -0.15) is 0 Å². The van der Waals surface area contributed by atoms with Crippen LogP contribution >= 0.6 is 27.3 Å². The van der Waals surface area contributed by atoms with Gasteiger partial charge in [0.2, 0.25) is 5.91 Å². The average Bonchev–Trinajstić information content (AvgIpc) is 2.91. The number of aromatic nitrogens is 2. The maximum absolute atomic E-state index is 13.2. The molecule has 0 spiro atoms. The molecule has 0 saturated heterocycles. The fourth-order valence-electron chi connectivity index (χ4n) is 2.78. The van der Waals surface area contributed by atoms with Crippen molar-refractivity contribution in [3.05, 3.63) is 60.7 Å². The standard InChI is InChI=1S/C19H19BrFN3O2S/c1-10-11(2)27-19-17(10)18(26)23-15(24-19)5-6-16(25)22-8-7-12-3-4-14(21)13(20)9-12/h3-4,9H,5-8H2,1-2H3,(H,22,25)(H,23,24,26). The highest BCUT2D eigenvalue weighted by atomic mass is 79.9. The summed E-state index contributed by atoms with van der Waals surface area (Å²) in [5.41, 5.74) is 1.74. The van der Waals surface area contributed by atoms with E-state index in [1.165, 1.54) is 17.4 Å². The maximum Gasteiger partial charge on any atom is 0.259 e. The molecular weight excluding hydrogens is 433 g/mol. The molecule has 0 radical (unpaired) electrons. The van der Waals surface area contributed by atoms with E-state index in [0.717, 1.165) is 16.0 Å². The molecule has 0 unspecified atom stereocenters. The molecule has 0 aliphatic heterocycles. The third-order valence-electron chi connectivity index (χ3n) is 4.40. The first kappa shape index (κ1) is 19.7. The van der Waals surface area contributed by atoms with Crippen LogP contribution < -0.4 is 10.9 Å². The molecule has 0 saturated carbocycles. The number of halogens is 2. The second-order valence-corrected chi connectivity index (χ2v) is 8.38. The number of nitrogens with zero attached hydrogens (tertiary/aromatic N) is 1. The lowest BCUT2D eigenvalue weighted by Crippen LogP contribution is -2.26. The van der Waals surface area contributed by atoms with Crippen LogP contribution in [0.4, 0.5) is 4.39 Å². The van der Waals surface area contributed by atoms with Gasteiger partial charge in [-0.3, -0.25) is 9.59 Å². The summed E-state index contributed by atoms with van der Waals surface area (Å²) < 4.78 is 13.6. The van der Waals surface area contributed by atoms with Crippen LogP contribution in [-0.2, 0) is 17.6 Å². The molecule has 5 nitrogen and oxygen atoms in total. The lowest BCUT2D eigenvalue weighted by Gasteiger charge is -2.06. The number of thiophene rings is 1. The molecule has 2 heterocycles. The topological polar surface area (TPSA) is 74.8 Å². The quantitative estimate of drug-likeness (QED) is 0.598. The van der Waals surface area contributed by atoms with Crippen LogP contribution in [0.1, 0.15) is 28.2 Å². The van der Waals surface area contributed by atoms with Crippen molar-refractivity contribution < 1.29 is 9.18 Å². The molecule has 0 aliphatic carbocycles. The zero-order chi connectivity index (χ0) is 19.6. The van der Waals surface area contributed by atoms with Crippen molar-refractivity contribution >= 4 is 43.4 Å². The highest BCUT2D eigenvalue weighted by Crippen LogP contribution is 2.25. The number of nitrogens with one attached hydrogen (secondary N) is 2. The Bertz CT molecular complexity index is 1060. The molecule has 0 fully saturated rings. The van der Waals surface area contributed by atoms with Gasteiger partial charge in [-0.25, -0.2) is 9.37 Å². The van der Waals surface area contributed by atoms with Crippen LogP contribution in [-0.4, -0.2) is 22.4 Å². The third kappa shape index (κ3) is 4.62. The summed E-state index contributed by atoms with van der Waals surface area (Å²) in [5, 5.41) is 3.47. The predicted octanol–water partition coefficient (Wildman–Crippen LogP) is 3.79. The summed E-state index contributed by atoms with van der Waals surface area (Å²) in [7, 11) is 0. The van der Waals surface area contributed by atoms with Crippen molar-refractivity contribution in [1.82, 2.24) is 15.3 Å². The van der Waals surface area contributed by atoms with Crippen LogP contribution in [0.15, 0.2) is 27.5 Å². The van der Waals surface area contributed by atoms with E-state index in [4.69, 9.17) is 0 Å². The fraction of sp³-hybridized carbons (Fsp3) is 0.316. The minimum Gasteiger partial charge on any atom is -0.356 e. The Kier molecular flexibility index (Phi) is 6.06. The summed E-state index contributed by atoms with van der Waals surface area (Å²) in [6, 6.07) is 4.80. The molecular formula is C19H19BrFN3O2S. The lowest BCUT2D eigenvalue weighted by molar-refractivity contribution is -0.121. The smallest absolute Gasteiger partial charge is 0.259 e. The first-order valence-corrected chi connectivity index (χ1v) is 10.2. The Morgan fingerprint density at radius 2 is 2.11 bits per heavy atom. The molecule has 0 bridgehead atoms. The molecule has 3 aromatic rings. The summed E-state index contributed by atoms with van der Waals surface area (Å²) in [4.78, 5) is 33.3. The van der Waals surface area contributed by atoms with Gasteiger partial charge in [0.25, 0.3) is 5.56 Å². The summed E-state index contributed by atoms with van der Waals surface area (Å²) in [5.74, 6) is 0.0983. The Balaban J connectivity index is 1.54. The first-order chi connectivity index (χ1) is 12.8. The SMILES string of the molecule is Cc1sc2nc(CCC(=O)NCCc3ccc(F)c(Br)c3)[nH]c(=O)c2c1C. The van der Waals surface area contributed by atoms with Crippen molar-refractivity contribution in [2.45, 2.75) is 33.1 Å². The highest BCUT2D eigenvalue weighted by molar-refractivity contribution is 9.10. The fourth-order valence-corrected chi connectivity index (χ4v) is 4.25. The number of H-pyrrole nitrogens is 1. The van der Waals surface area contributed by atoms with Crippen LogP contribution in [0.3, 0.4) is 0 Å². The minimum atomic E-state index is -0.308. The Morgan fingerprint density at radius 1 is 1.33 bits per heavy atom. The van der Waals surface area contributed by atoms with Gasteiger partial charge in [-0.1, -0.05) is 6.07 Å². The Morgan fingerprint density at radius 3 is 2.85 bits per heavy atom. The van der Waals surface area contributed by atoms with E-state index in [2.05, 4.69) is 31.2 Å². The van der Waals surface area contributed by atoms with Crippen LogP contribution in [0.2, 0.25) is 0 Å². The minimum absolute atomic E-state index is 0.113. The number of benzene rings is 1. The first-order valence-electron chi connectivity index (χ1n) is 8.54. The number of aryl methyl sites for hydroxylation is 3. The van der Waals surface area contributed by atoms with Gasteiger partial charge in [0.05, 0.1) is 9.86 Å². The molecule has 2 aromatic heterocycles. The molecule has 3 rings (SSSR count). The van der Waals surface area contributed by atoms with Gasteiger partial charge in [-0.15, -0.1) is 11.3 Å². The number of fused-ring (bicyclic) bond motifs is 1. The van der Waals surface area contributed by atoms with E-state index >= 15 is 0 Å². The maximum atomic E-state index is 13.2. The van der Waals surface area contributed by atoms with Crippen LogP contribution in [0, 0.1) is 19.7 Å². The second kappa shape index (κ2) is 8.31. The van der Waals surface area contributed by atoms with Crippen molar-refractivity contribution in [3.8, 4) is 0 Å². The normalized spacial score (nSPS) is 11.1. The summed E-state index contributed by atoms with van der Waals surface area (Å²) in [6.45, 7) is 4.34. The highest BCUT2D eigenvalue weighted by Gasteiger charge is 2.12. The number of amides is 1. The van der Waals surface area contributed by atoms with Gasteiger partial charge >= 0.3 is 0 Å². The van der Waals surface area contributed by atoms with Gasteiger partial charge < -0.3 is 10.3 Å². The van der Waals surface area contributed by atoms with Crippen LogP contribution in [0.25, 0.3) is 10.2 Å². The van der Waals surface area contributed by atoms with Crippen LogP contribution in [0.5, 0.6) is 0 Å². The average molecular weight is 452 g/mol. The van der Waals surface area contributed by atoms with Gasteiger partial charge in [0.15, 0.2) is 0 Å². The lowest BCUT2D eigenvalue weighted by atomic mass is 10.1. The second-order valence-electron chi connectivity index (χ2n) is 6.32. The number of carbonyl (C=O) groups excluding carboxylic acids is 1. The zero-order valence-electron chi connectivity index (χ0n) is 15.0. The van der Waals surface area contributed by atoms with E-state index in [0.29, 0.717) is 39.9 Å². The van der Waals surface area contributed by atoms with E-state index in [-0.39, 0.29) is 23.7 Å². The monoisotopic (exact) mass is 451 g/mol. The Labute approximate surface area is 168 Å². The summed E-state index contributed by atoms with van der Waals surface area (Å²) >= 11 is 4.64. The molecule has 2 N–H and O–H groups in total. The van der Waals surface area contributed by atoms with E-state index in [9.17, 15) is 14.0 Å². The zero-order valence-corrected chi connectivity index (χ0v) is 17.4. The number of aromatic amines is 1. The van der Waals surface area contributed by atoms with Gasteiger partial charge in [-0.05, 0) is 59.5 Å². The van der Waals surface area contributed by atoms with Crippen molar-refractivity contribution in [2.24, 2.45) is 0 Å². The van der Waals surface area contributed by atoms with E-state index in [1.54, 1.807) is 12.1 Å². The molecule has 1 aromatic carbocycles. The van der Waals surface area contributed by atoms with Gasteiger partial charge in [0, 0.05) is 24.3 Å². The Hall–Kier alpha value is -2.06. The molecule has 142 valence electrons. The number of rotatable bonds is 6. The number of carbonyl (C=O) groups is 1. The molecule has 0 atom stereocenters. The third-order valence-corrected chi connectivity index (χ3v) is 6.11. The summed E-state index contributed by atoms with van der Waals surface area (Å²) in [6.07, 6.45) is 1.22. The van der Waals surface area contributed by atoms with Crippen molar-refractivity contribution in [3.63, 3.8) is 0 Å². The molecule has 0 aliphatic rings. The largest absolute Gasteiger partial charge is 0.356 e. The predicted molar refractivity (Wildman–Crippen MR) is 109 cm³/mol. The van der Waals surface area contributed by atoms with Crippen molar-refractivity contribution in [2.75, 3.05) is 6.54 Å². The van der Waals surface area contributed by atoms with Crippen molar-refractivity contribution in [1.29, 1.82) is 0 Å².